The van der Waals surface area contributed by atoms with Crippen molar-refractivity contribution in [3.63, 3.8) is 0 Å². The fourth-order valence-electron chi connectivity index (χ4n) is 1.93. The number of H-pyrrole nitrogens is 1. The maximum atomic E-state index is 4.56. The van der Waals surface area contributed by atoms with Crippen molar-refractivity contribution in [2.75, 3.05) is 0 Å². The van der Waals surface area contributed by atoms with E-state index in [2.05, 4.69) is 44.1 Å². The molecule has 0 unspecified atom stereocenters. The third-order valence-corrected chi connectivity index (χ3v) is 4.02. The van der Waals surface area contributed by atoms with Gasteiger partial charge in [0.25, 0.3) is 0 Å². The van der Waals surface area contributed by atoms with Gasteiger partial charge < -0.3 is 0 Å². The van der Waals surface area contributed by atoms with Gasteiger partial charge in [-0.05, 0) is 28.4 Å². The second-order valence-corrected chi connectivity index (χ2v) is 5.10. The first-order chi connectivity index (χ1) is 9.25. The van der Waals surface area contributed by atoms with Gasteiger partial charge >= 0.3 is 0 Å². The number of benzene rings is 2. The van der Waals surface area contributed by atoms with E-state index in [0.29, 0.717) is 5.82 Å². The van der Waals surface area contributed by atoms with Gasteiger partial charge in [-0.15, -0.1) is 0 Å². The Hall–Kier alpha value is -1.94. The summed E-state index contributed by atoms with van der Waals surface area (Å²) < 4.78 is 1.05. The van der Waals surface area contributed by atoms with E-state index in [4.69, 9.17) is 0 Å². The molecule has 0 spiro atoms. The number of aromatic amines is 1. The normalized spacial score (nSPS) is 10.6. The van der Waals surface area contributed by atoms with Crippen LogP contribution in [-0.2, 0) is 0 Å². The van der Waals surface area contributed by atoms with E-state index in [1.54, 1.807) is 0 Å². The quantitative estimate of drug-likeness (QED) is 0.770. The van der Waals surface area contributed by atoms with E-state index in [0.717, 1.165) is 21.4 Å². The van der Waals surface area contributed by atoms with Gasteiger partial charge in [-0.3, -0.25) is 5.10 Å². The van der Waals surface area contributed by atoms with Crippen molar-refractivity contribution in [3.05, 3.63) is 58.6 Å². The highest BCUT2D eigenvalue weighted by molar-refractivity contribution is 9.10. The molecule has 2 aromatic carbocycles. The van der Waals surface area contributed by atoms with Crippen LogP contribution in [0.25, 0.3) is 22.8 Å². The van der Waals surface area contributed by atoms with Crippen molar-refractivity contribution in [1.82, 2.24) is 15.2 Å². The van der Waals surface area contributed by atoms with E-state index in [9.17, 15) is 0 Å². The first-order valence-electron chi connectivity index (χ1n) is 5.99. The minimum atomic E-state index is 0.712. The largest absolute Gasteiger partial charge is 0.259 e. The Morgan fingerprint density at radius 1 is 1.00 bits per heavy atom. The monoisotopic (exact) mass is 313 g/mol. The van der Waals surface area contributed by atoms with Crippen LogP contribution >= 0.6 is 15.9 Å². The summed E-state index contributed by atoms with van der Waals surface area (Å²) in [5, 5.41) is 7.27. The number of aryl methyl sites for hydroxylation is 1. The fourth-order valence-corrected chi connectivity index (χ4v) is 2.38. The molecule has 1 aromatic heterocycles. The maximum absolute atomic E-state index is 4.56. The Bertz CT molecular complexity index is 704. The van der Waals surface area contributed by atoms with Crippen LogP contribution in [0.3, 0.4) is 0 Å². The molecule has 0 radical (unpaired) electrons. The first-order valence-corrected chi connectivity index (χ1v) is 6.78. The van der Waals surface area contributed by atoms with Gasteiger partial charge in [0, 0.05) is 15.6 Å². The van der Waals surface area contributed by atoms with Gasteiger partial charge in [0.05, 0.1) is 0 Å². The molecule has 0 saturated heterocycles. The predicted octanol–water partition coefficient (Wildman–Crippen LogP) is 4.21. The van der Waals surface area contributed by atoms with Gasteiger partial charge in [-0.2, -0.15) is 5.10 Å². The molecule has 0 fully saturated rings. The van der Waals surface area contributed by atoms with E-state index in [1.165, 1.54) is 5.56 Å². The number of halogens is 1. The number of nitrogens with one attached hydrogen (secondary N) is 1. The highest BCUT2D eigenvalue weighted by Gasteiger charge is 2.10. The van der Waals surface area contributed by atoms with Gasteiger partial charge in [-0.25, -0.2) is 4.98 Å². The summed E-state index contributed by atoms with van der Waals surface area (Å²) >= 11 is 3.59. The topological polar surface area (TPSA) is 41.6 Å². The van der Waals surface area contributed by atoms with Crippen molar-refractivity contribution in [3.8, 4) is 22.8 Å². The zero-order chi connectivity index (χ0) is 13.2. The summed E-state index contributed by atoms with van der Waals surface area (Å²) in [5.41, 5.74) is 3.21. The molecule has 0 saturated carbocycles. The molecule has 3 nitrogen and oxygen atoms in total. The zero-order valence-corrected chi connectivity index (χ0v) is 12.0. The Morgan fingerprint density at radius 2 is 1.79 bits per heavy atom. The SMILES string of the molecule is Cc1cccc(-c2nc(-c3ccccc3)n[nH]2)c1Br. The summed E-state index contributed by atoms with van der Waals surface area (Å²) in [6, 6.07) is 16.0. The second-order valence-electron chi connectivity index (χ2n) is 4.31. The maximum Gasteiger partial charge on any atom is 0.181 e. The minimum absolute atomic E-state index is 0.712. The van der Waals surface area contributed by atoms with Gasteiger partial charge in [0.1, 0.15) is 0 Å². The smallest absolute Gasteiger partial charge is 0.181 e. The predicted molar refractivity (Wildman–Crippen MR) is 79.7 cm³/mol. The average molecular weight is 314 g/mol. The summed E-state index contributed by atoms with van der Waals surface area (Å²) in [7, 11) is 0. The lowest BCUT2D eigenvalue weighted by Gasteiger charge is -2.02. The van der Waals surface area contributed by atoms with Gasteiger partial charge in [-0.1, -0.05) is 48.5 Å². The molecule has 4 heteroatoms. The highest BCUT2D eigenvalue weighted by atomic mass is 79.9. The molecule has 0 atom stereocenters. The fraction of sp³-hybridized carbons (Fsp3) is 0.0667. The molecule has 3 rings (SSSR count). The molecule has 0 bridgehead atoms. The zero-order valence-electron chi connectivity index (χ0n) is 10.4. The van der Waals surface area contributed by atoms with E-state index >= 15 is 0 Å². The molecule has 0 aliphatic heterocycles. The average Bonchev–Trinajstić information content (AvgIpc) is 2.92. The summed E-state index contributed by atoms with van der Waals surface area (Å²) in [4.78, 5) is 4.56. The van der Waals surface area contributed by atoms with Crippen molar-refractivity contribution >= 4 is 15.9 Å². The van der Waals surface area contributed by atoms with E-state index < -0.39 is 0 Å². The number of rotatable bonds is 2. The van der Waals surface area contributed by atoms with Crippen LogP contribution in [0.1, 0.15) is 5.56 Å². The van der Waals surface area contributed by atoms with E-state index in [-0.39, 0.29) is 0 Å². The van der Waals surface area contributed by atoms with Crippen LogP contribution in [0.15, 0.2) is 53.0 Å². The van der Waals surface area contributed by atoms with Crippen LogP contribution in [-0.4, -0.2) is 15.2 Å². The van der Waals surface area contributed by atoms with Crippen LogP contribution in [0.4, 0.5) is 0 Å². The van der Waals surface area contributed by atoms with Gasteiger partial charge in [0.15, 0.2) is 11.6 Å². The number of aromatic nitrogens is 3. The number of nitrogens with zero attached hydrogens (tertiary/aromatic N) is 2. The van der Waals surface area contributed by atoms with Crippen LogP contribution < -0.4 is 0 Å². The van der Waals surface area contributed by atoms with Crippen LogP contribution in [0.2, 0.25) is 0 Å². The molecule has 3 aromatic rings. The standard InChI is InChI=1S/C15H12BrN3/c1-10-6-5-9-12(13(10)16)15-17-14(18-19-15)11-7-3-2-4-8-11/h2-9H,1H3,(H,17,18,19). The Morgan fingerprint density at radius 3 is 2.58 bits per heavy atom. The Balaban J connectivity index is 2.05. The lowest BCUT2D eigenvalue weighted by molar-refractivity contribution is 1.10. The van der Waals surface area contributed by atoms with Crippen molar-refractivity contribution in [2.45, 2.75) is 6.92 Å². The van der Waals surface area contributed by atoms with Crippen molar-refractivity contribution in [1.29, 1.82) is 0 Å². The highest BCUT2D eigenvalue weighted by Crippen LogP contribution is 2.29. The lowest BCUT2D eigenvalue weighted by atomic mass is 10.1. The first kappa shape index (κ1) is 12.1. The summed E-state index contributed by atoms with van der Waals surface area (Å²) in [6.07, 6.45) is 0. The van der Waals surface area contributed by atoms with Crippen LogP contribution in [0.5, 0.6) is 0 Å². The Kier molecular flexibility index (Phi) is 3.17. The van der Waals surface area contributed by atoms with Crippen LogP contribution in [0, 0.1) is 6.92 Å². The molecule has 1 N–H and O–H groups in total. The summed E-state index contributed by atoms with van der Waals surface area (Å²) in [6.45, 7) is 2.06. The molecule has 0 aliphatic carbocycles. The molecule has 94 valence electrons. The number of hydrogen-bond donors (Lipinski definition) is 1. The summed E-state index contributed by atoms with van der Waals surface area (Å²) in [5.74, 6) is 1.48. The minimum Gasteiger partial charge on any atom is -0.259 e. The molecule has 0 amide bonds. The molecule has 0 aliphatic rings. The van der Waals surface area contributed by atoms with E-state index in [1.807, 2.05) is 42.5 Å². The molecule has 19 heavy (non-hydrogen) atoms. The second kappa shape index (κ2) is 4.97. The number of hydrogen-bond acceptors (Lipinski definition) is 2. The molecular formula is C15H12BrN3. The van der Waals surface area contributed by atoms with Gasteiger partial charge in [0.2, 0.25) is 0 Å². The molecule has 1 heterocycles. The lowest BCUT2D eigenvalue weighted by Crippen LogP contribution is -1.85. The van der Waals surface area contributed by atoms with Crippen molar-refractivity contribution < 1.29 is 0 Å². The third kappa shape index (κ3) is 2.31. The Labute approximate surface area is 119 Å². The molecular weight excluding hydrogens is 302 g/mol. The third-order valence-electron chi connectivity index (χ3n) is 2.96. The van der Waals surface area contributed by atoms with Crippen molar-refractivity contribution in [2.24, 2.45) is 0 Å².